The molecule has 2 aromatic heterocycles. The van der Waals surface area contributed by atoms with Crippen LogP contribution in [0, 0.1) is 6.92 Å². The normalized spacial score (nSPS) is 19.0. The molecule has 5 heterocycles. The Labute approximate surface area is 248 Å². The van der Waals surface area contributed by atoms with Gasteiger partial charge in [0.1, 0.15) is 18.2 Å². The van der Waals surface area contributed by atoms with Gasteiger partial charge in [0, 0.05) is 24.8 Å². The number of para-hydroxylation sites is 1. The van der Waals surface area contributed by atoms with E-state index in [0.29, 0.717) is 18.8 Å². The molecule has 3 aromatic rings. The minimum absolute atomic E-state index is 0.262. The number of esters is 1. The van der Waals surface area contributed by atoms with Crippen LogP contribution in [0.5, 0.6) is 5.75 Å². The maximum Gasteiger partial charge on any atom is 0.340 e. The van der Waals surface area contributed by atoms with E-state index in [1.54, 1.807) is 0 Å². The van der Waals surface area contributed by atoms with E-state index in [4.69, 9.17) is 29.0 Å². The van der Waals surface area contributed by atoms with Crippen LogP contribution in [-0.4, -0.2) is 64.7 Å². The summed E-state index contributed by atoms with van der Waals surface area (Å²) < 4.78 is 26.3. The highest BCUT2D eigenvalue weighted by atomic mass is 16.6. The molecule has 1 fully saturated rings. The molecule has 226 valence electrons. The lowest BCUT2D eigenvalue weighted by molar-refractivity contribution is -0.166. The molecule has 1 atom stereocenters. The summed E-state index contributed by atoms with van der Waals surface area (Å²) in [5.74, 6) is 1.28. The molecule has 0 amide bonds. The minimum atomic E-state index is -0.943. The first kappa shape index (κ1) is 30.0. The van der Waals surface area contributed by atoms with Crippen molar-refractivity contribution in [2.24, 2.45) is 0 Å². The van der Waals surface area contributed by atoms with Crippen LogP contribution in [0.3, 0.4) is 0 Å². The third kappa shape index (κ3) is 6.79. The molecule has 0 saturated carbocycles. The summed E-state index contributed by atoms with van der Waals surface area (Å²) in [5, 5.41) is 5.07. The second kappa shape index (κ2) is 12.4. The van der Waals surface area contributed by atoms with Crippen LogP contribution in [0.1, 0.15) is 76.1 Å². The third-order valence-electron chi connectivity index (χ3n) is 7.86. The molecule has 3 aliphatic rings. The Morgan fingerprint density at radius 3 is 2.60 bits per heavy atom. The van der Waals surface area contributed by atoms with Gasteiger partial charge in [0.25, 0.3) is 0 Å². The fourth-order valence-corrected chi connectivity index (χ4v) is 5.67. The lowest BCUT2D eigenvalue weighted by Crippen LogP contribution is -2.45. The average molecular weight is 577 g/mol. The smallest absolute Gasteiger partial charge is 0.340 e. The van der Waals surface area contributed by atoms with Crippen LogP contribution in [0.2, 0.25) is 0 Å². The molecule has 0 unspecified atom stereocenters. The van der Waals surface area contributed by atoms with Crippen LogP contribution in [-0.2, 0) is 31.8 Å². The first-order chi connectivity index (χ1) is 20.1. The van der Waals surface area contributed by atoms with Crippen molar-refractivity contribution in [1.82, 2.24) is 14.6 Å². The number of piperidine rings is 1. The summed E-state index contributed by atoms with van der Waals surface area (Å²) in [7, 11) is 0. The number of benzene rings is 1. The topological polar surface area (TPSA) is 87.4 Å². The largest absolute Gasteiger partial charge is 0.489 e. The number of hydrogen-bond donors (Lipinski definition) is 0. The van der Waals surface area contributed by atoms with E-state index in [-0.39, 0.29) is 12.2 Å². The number of carbonyl (C=O) groups is 1. The zero-order valence-electron chi connectivity index (χ0n) is 25.8. The highest BCUT2D eigenvalue weighted by Crippen LogP contribution is 2.38. The van der Waals surface area contributed by atoms with Crippen molar-refractivity contribution in [3.8, 4) is 5.75 Å². The third-order valence-corrected chi connectivity index (χ3v) is 7.86. The van der Waals surface area contributed by atoms with Gasteiger partial charge in [0.15, 0.2) is 11.8 Å². The summed E-state index contributed by atoms with van der Waals surface area (Å²) in [5.41, 5.74) is 3.37. The monoisotopic (exact) mass is 576 g/mol. The van der Waals surface area contributed by atoms with Crippen LogP contribution in [0.4, 0.5) is 5.82 Å². The van der Waals surface area contributed by atoms with Crippen molar-refractivity contribution in [2.75, 3.05) is 37.8 Å². The highest BCUT2D eigenvalue weighted by molar-refractivity contribution is 5.80. The highest BCUT2D eigenvalue weighted by Gasteiger charge is 2.38. The van der Waals surface area contributed by atoms with Crippen LogP contribution >= 0.6 is 0 Å². The Bertz CT molecular complexity index is 1430. The van der Waals surface area contributed by atoms with Crippen LogP contribution in [0.25, 0.3) is 5.65 Å². The van der Waals surface area contributed by atoms with Crippen molar-refractivity contribution < 1.29 is 23.7 Å². The number of aromatic nitrogens is 3. The van der Waals surface area contributed by atoms with E-state index >= 15 is 0 Å². The van der Waals surface area contributed by atoms with Crippen LogP contribution in [0.15, 0.2) is 42.5 Å². The van der Waals surface area contributed by atoms with Crippen molar-refractivity contribution in [2.45, 2.75) is 84.5 Å². The molecule has 9 nitrogen and oxygen atoms in total. The number of ether oxygens (including phenoxy) is 4. The number of anilines is 1. The summed E-state index contributed by atoms with van der Waals surface area (Å²) in [4.78, 5) is 20.7. The van der Waals surface area contributed by atoms with Crippen molar-refractivity contribution >= 4 is 17.4 Å². The summed E-state index contributed by atoms with van der Waals surface area (Å²) >= 11 is 0. The molecular weight excluding hydrogens is 532 g/mol. The van der Waals surface area contributed by atoms with Crippen LogP contribution < -0.4 is 9.64 Å². The van der Waals surface area contributed by atoms with Gasteiger partial charge in [0.05, 0.1) is 35.7 Å². The number of carbonyl (C=O) groups excluding carboxylic acids is 1. The summed E-state index contributed by atoms with van der Waals surface area (Å²) in [6.07, 6.45) is 6.26. The van der Waals surface area contributed by atoms with E-state index in [9.17, 15) is 4.79 Å². The number of rotatable bonds is 4. The number of aryl methyl sites for hydroxylation is 3. The molecule has 4 bridgehead atoms. The minimum Gasteiger partial charge on any atom is -0.489 e. The predicted molar refractivity (Wildman–Crippen MR) is 162 cm³/mol. The fourth-order valence-electron chi connectivity index (χ4n) is 5.67. The molecule has 0 N–H and O–H groups in total. The SMILES string of the molecule is CCOC(=O)[C@@H](OC(C)(C)C)c1c(C)nc2cc3nn2c1N1CCC(C)(CC1)OC/C=C/COc1ccccc1CC3. The van der Waals surface area contributed by atoms with Crippen molar-refractivity contribution in [3.63, 3.8) is 0 Å². The zero-order chi connectivity index (χ0) is 29.9. The Balaban J connectivity index is 1.63. The molecule has 0 spiro atoms. The first-order valence-electron chi connectivity index (χ1n) is 15.0. The van der Waals surface area contributed by atoms with Crippen molar-refractivity contribution in [3.05, 3.63) is 65.0 Å². The Morgan fingerprint density at radius 1 is 1.12 bits per heavy atom. The number of hydrogen-bond acceptors (Lipinski definition) is 8. The van der Waals surface area contributed by atoms with Gasteiger partial charge < -0.3 is 23.8 Å². The van der Waals surface area contributed by atoms with E-state index in [2.05, 4.69) is 17.9 Å². The molecule has 42 heavy (non-hydrogen) atoms. The Morgan fingerprint density at radius 2 is 1.86 bits per heavy atom. The van der Waals surface area contributed by atoms with E-state index in [1.165, 1.54) is 0 Å². The van der Waals surface area contributed by atoms with Gasteiger partial charge in [0.2, 0.25) is 0 Å². The molecular formula is C33H44N4O5. The maximum absolute atomic E-state index is 13.4. The lowest BCUT2D eigenvalue weighted by atomic mass is 9.92. The molecule has 0 aliphatic carbocycles. The summed E-state index contributed by atoms with van der Waals surface area (Å²) in [6.45, 7) is 14.5. The molecule has 1 aromatic carbocycles. The standard InChI is InChI=1S/C33H44N4O5/c1-7-39-31(38)29(42-32(3,4)5)28-23(2)34-27-22-25-15-14-24-12-8-9-13-26(24)40-20-10-11-21-41-33(6)16-18-36(19-17-33)30(28)37(27)35-25/h8-13,22,29H,7,14-21H2,1-6H3/b11-10+/t29-/m0/s1. The molecule has 6 rings (SSSR count). The van der Waals surface area contributed by atoms with Gasteiger partial charge in [-0.15, -0.1) is 0 Å². The van der Waals surface area contributed by atoms with E-state index in [0.717, 1.165) is 72.9 Å². The Hall–Kier alpha value is -3.43. The fraction of sp³-hybridized carbons (Fsp3) is 0.545. The van der Waals surface area contributed by atoms with E-state index in [1.807, 2.05) is 75.6 Å². The van der Waals surface area contributed by atoms with Gasteiger partial charge in [-0.2, -0.15) is 9.61 Å². The maximum atomic E-state index is 13.4. The predicted octanol–water partition coefficient (Wildman–Crippen LogP) is 5.57. The van der Waals surface area contributed by atoms with Gasteiger partial charge in [-0.05, 0) is 84.9 Å². The molecule has 0 radical (unpaired) electrons. The second-order valence-corrected chi connectivity index (χ2v) is 12.3. The number of fused-ring (bicyclic) bond motifs is 7. The summed E-state index contributed by atoms with van der Waals surface area (Å²) in [6, 6.07) is 10.2. The van der Waals surface area contributed by atoms with Gasteiger partial charge in [-0.25, -0.2) is 9.78 Å². The van der Waals surface area contributed by atoms with Crippen molar-refractivity contribution in [1.29, 1.82) is 0 Å². The molecule has 9 heteroatoms. The Kier molecular flexibility index (Phi) is 8.89. The second-order valence-electron chi connectivity index (χ2n) is 12.3. The lowest BCUT2D eigenvalue weighted by Gasteiger charge is -2.41. The van der Waals surface area contributed by atoms with Gasteiger partial charge in [-0.3, -0.25) is 0 Å². The van der Waals surface area contributed by atoms with E-state index < -0.39 is 17.7 Å². The number of nitrogens with zero attached hydrogens (tertiary/aromatic N) is 4. The zero-order valence-corrected chi connectivity index (χ0v) is 25.8. The quantitative estimate of drug-likeness (QED) is 0.295. The van der Waals surface area contributed by atoms with Gasteiger partial charge in [-0.1, -0.05) is 24.3 Å². The van der Waals surface area contributed by atoms with Gasteiger partial charge >= 0.3 is 5.97 Å². The molecule has 1 saturated heterocycles. The molecule has 3 aliphatic heterocycles. The first-order valence-corrected chi connectivity index (χ1v) is 15.0. The average Bonchev–Trinajstić information content (AvgIpc) is 3.34.